The average molecular weight is 646 g/mol. The Bertz CT molecular complexity index is 1760. The van der Waals surface area contributed by atoms with Crippen molar-refractivity contribution in [1.82, 2.24) is 14.7 Å². The van der Waals surface area contributed by atoms with Crippen molar-refractivity contribution in [2.45, 2.75) is 50.1 Å². The van der Waals surface area contributed by atoms with Gasteiger partial charge in [-0.3, -0.25) is 9.59 Å². The summed E-state index contributed by atoms with van der Waals surface area (Å²) in [4.78, 5) is 41.2. The first-order valence-corrected chi connectivity index (χ1v) is 15.1. The first-order valence-electron chi connectivity index (χ1n) is 14.8. The molecule has 3 heterocycles. The lowest BCUT2D eigenvalue weighted by Crippen LogP contribution is -2.46. The molecule has 3 fully saturated rings. The highest BCUT2D eigenvalue weighted by Crippen LogP contribution is 2.60. The number of fused-ring (bicyclic) bond motifs is 1. The van der Waals surface area contributed by atoms with Gasteiger partial charge in [0, 0.05) is 42.0 Å². The number of benzene rings is 2. The zero-order valence-electron chi connectivity index (χ0n) is 23.9. The maximum Gasteiger partial charge on any atom is 0.398 e. The number of amides is 1. The van der Waals surface area contributed by atoms with E-state index in [1.54, 1.807) is 4.90 Å². The Hall–Kier alpha value is -3.77. The summed E-state index contributed by atoms with van der Waals surface area (Å²) >= 11 is 6.43. The van der Waals surface area contributed by atoms with Crippen molar-refractivity contribution in [2.75, 3.05) is 26.3 Å². The van der Waals surface area contributed by atoms with Gasteiger partial charge in [-0.15, -0.1) is 0 Å². The largest absolute Gasteiger partial charge is 0.478 e. The quantitative estimate of drug-likeness (QED) is 0.359. The van der Waals surface area contributed by atoms with Crippen LogP contribution in [0.3, 0.4) is 0 Å². The molecule has 2 saturated heterocycles. The summed E-state index contributed by atoms with van der Waals surface area (Å²) in [5.74, 6) is -3.73. The standard InChI is InChI=1S/C32H28ClF4N3O5/c33-22-3-1-2-21(31(8-9-31)32(35,36)37)25(22)28(42)40-24-13-17(27(41)39-11-10-30(14-39)15-45-16-30)4-7-20(24)26(38-40)19-6-5-18(29(43)44)12-23(19)34/h1-3,5-6,12,17H,4,7-11,13-16H2,(H,43,44). The number of halogens is 5. The van der Waals surface area contributed by atoms with Crippen molar-refractivity contribution in [3.8, 4) is 11.3 Å². The minimum Gasteiger partial charge on any atom is -0.478 e. The summed E-state index contributed by atoms with van der Waals surface area (Å²) < 4.78 is 64.4. The van der Waals surface area contributed by atoms with Gasteiger partial charge in [0.15, 0.2) is 0 Å². The minimum absolute atomic E-state index is 0.0300. The Labute approximate surface area is 259 Å². The number of carboxylic acids is 1. The molecule has 0 radical (unpaired) electrons. The summed E-state index contributed by atoms with van der Waals surface area (Å²) in [7, 11) is 0. The molecule has 1 unspecified atom stereocenters. The number of nitrogens with zero attached hydrogens (tertiary/aromatic N) is 3. The second-order valence-corrected chi connectivity index (χ2v) is 13.1. The lowest BCUT2D eigenvalue weighted by molar-refractivity contribution is -0.160. The van der Waals surface area contributed by atoms with Gasteiger partial charge in [-0.1, -0.05) is 23.7 Å². The molecule has 8 nitrogen and oxygen atoms in total. The van der Waals surface area contributed by atoms with Gasteiger partial charge in [0.05, 0.1) is 46.2 Å². The number of likely N-dealkylation sites (tertiary alicyclic amines) is 1. The first-order chi connectivity index (χ1) is 21.3. The summed E-state index contributed by atoms with van der Waals surface area (Å²) in [6.07, 6.45) is -3.47. The van der Waals surface area contributed by atoms with Crippen LogP contribution in [-0.4, -0.2) is 70.1 Å². The number of carboxylic acid groups (broad SMARTS) is 1. The molecule has 4 aliphatic rings. The number of alkyl halides is 3. The Balaban J connectivity index is 1.32. The molecular formula is C32H28ClF4N3O5. The maximum atomic E-state index is 15.3. The summed E-state index contributed by atoms with van der Waals surface area (Å²) in [6.45, 7) is 2.35. The SMILES string of the molecule is O=C(O)c1ccc(-c2nn(C(=O)c3c(Cl)cccc3C3(C(F)(F)F)CC3)c3c2CCC(C(=O)N2CCC4(COC4)C2)C3)c(F)c1. The second-order valence-electron chi connectivity index (χ2n) is 12.7. The van der Waals surface area contributed by atoms with Gasteiger partial charge in [-0.25, -0.2) is 9.18 Å². The van der Waals surface area contributed by atoms with Gasteiger partial charge in [0.1, 0.15) is 5.82 Å². The molecule has 236 valence electrons. The minimum atomic E-state index is -4.62. The fourth-order valence-electron chi connectivity index (χ4n) is 7.13. The van der Waals surface area contributed by atoms with E-state index in [0.29, 0.717) is 44.0 Å². The van der Waals surface area contributed by atoms with Gasteiger partial charge in [-0.2, -0.15) is 23.0 Å². The maximum absolute atomic E-state index is 15.3. The van der Waals surface area contributed by atoms with E-state index in [0.717, 1.165) is 17.2 Å². The van der Waals surface area contributed by atoms with Crippen molar-refractivity contribution in [2.24, 2.45) is 11.3 Å². The zero-order chi connectivity index (χ0) is 31.9. The van der Waals surface area contributed by atoms with Crippen LogP contribution in [-0.2, 0) is 27.8 Å². The zero-order valence-corrected chi connectivity index (χ0v) is 24.7. The molecule has 2 aliphatic carbocycles. The number of aromatic carboxylic acids is 1. The van der Waals surface area contributed by atoms with Crippen LogP contribution in [0.15, 0.2) is 36.4 Å². The van der Waals surface area contributed by atoms with Gasteiger partial charge in [0.2, 0.25) is 5.91 Å². The molecule has 1 atom stereocenters. The Kier molecular flexibility index (Phi) is 6.90. The third-order valence-electron chi connectivity index (χ3n) is 9.89. The van der Waals surface area contributed by atoms with E-state index < -0.39 is 35.2 Å². The van der Waals surface area contributed by atoms with Crippen molar-refractivity contribution in [1.29, 1.82) is 0 Å². The van der Waals surface area contributed by atoms with Crippen LogP contribution in [0.4, 0.5) is 17.6 Å². The predicted molar refractivity (Wildman–Crippen MR) is 153 cm³/mol. The normalized spacial score (nSPS) is 21.4. The summed E-state index contributed by atoms with van der Waals surface area (Å²) in [5, 5.41) is 13.6. The molecule has 45 heavy (non-hydrogen) atoms. The van der Waals surface area contributed by atoms with E-state index in [4.69, 9.17) is 16.3 Å². The smallest absolute Gasteiger partial charge is 0.398 e. The van der Waals surface area contributed by atoms with Crippen LogP contribution in [0.2, 0.25) is 5.02 Å². The van der Waals surface area contributed by atoms with Crippen LogP contribution in [0, 0.1) is 17.2 Å². The first kappa shape index (κ1) is 29.9. The van der Waals surface area contributed by atoms with Crippen molar-refractivity contribution in [3.63, 3.8) is 0 Å². The number of rotatable bonds is 5. The van der Waals surface area contributed by atoms with E-state index in [2.05, 4.69) is 5.10 Å². The fourth-order valence-corrected chi connectivity index (χ4v) is 7.39. The number of hydrogen-bond donors (Lipinski definition) is 1. The second kappa shape index (κ2) is 10.4. The lowest BCUT2D eigenvalue weighted by atomic mass is 9.84. The lowest BCUT2D eigenvalue weighted by Gasteiger charge is -2.38. The topological polar surface area (TPSA) is 102 Å². The van der Waals surface area contributed by atoms with Crippen LogP contribution in [0.1, 0.15) is 63.2 Å². The monoisotopic (exact) mass is 645 g/mol. The Morgan fingerprint density at radius 1 is 1.09 bits per heavy atom. The molecule has 1 amide bonds. The number of ether oxygens (including phenoxy) is 1. The molecule has 2 aliphatic heterocycles. The highest BCUT2D eigenvalue weighted by molar-refractivity contribution is 6.34. The highest BCUT2D eigenvalue weighted by Gasteiger charge is 2.65. The van der Waals surface area contributed by atoms with E-state index in [-0.39, 0.29) is 70.0 Å². The van der Waals surface area contributed by atoms with E-state index in [1.807, 2.05) is 0 Å². The van der Waals surface area contributed by atoms with Crippen molar-refractivity contribution in [3.05, 3.63) is 75.2 Å². The van der Waals surface area contributed by atoms with Crippen LogP contribution in [0.25, 0.3) is 11.3 Å². The third kappa shape index (κ3) is 4.75. The molecule has 1 saturated carbocycles. The number of hydrogen-bond acceptors (Lipinski definition) is 5. The summed E-state index contributed by atoms with van der Waals surface area (Å²) in [6, 6.07) is 7.27. The van der Waals surface area contributed by atoms with Crippen molar-refractivity contribution < 1.29 is 41.8 Å². The van der Waals surface area contributed by atoms with Gasteiger partial charge in [0.25, 0.3) is 5.91 Å². The number of carbonyl (C=O) groups is 3. The van der Waals surface area contributed by atoms with E-state index >= 15 is 4.39 Å². The highest BCUT2D eigenvalue weighted by atomic mass is 35.5. The van der Waals surface area contributed by atoms with E-state index in [1.165, 1.54) is 30.3 Å². The molecule has 1 spiro atoms. The van der Waals surface area contributed by atoms with Gasteiger partial charge in [-0.05, 0) is 61.9 Å². The molecule has 1 aromatic heterocycles. The third-order valence-corrected chi connectivity index (χ3v) is 10.2. The van der Waals surface area contributed by atoms with Gasteiger partial charge < -0.3 is 14.7 Å². The van der Waals surface area contributed by atoms with Crippen molar-refractivity contribution >= 4 is 29.4 Å². The van der Waals surface area contributed by atoms with Crippen LogP contribution in [0.5, 0.6) is 0 Å². The average Bonchev–Trinajstić information content (AvgIpc) is 3.54. The number of carbonyl (C=O) groups excluding carboxylic acids is 2. The molecular weight excluding hydrogens is 618 g/mol. The number of aromatic nitrogens is 2. The summed E-state index contributed by atoms with van der Waals surface area (Å²) in [5.41, 5.74) is -2.34. The van der Waals surface area contributed by atoms with E-state index in [9.17, 15) is 32.7 Å². The molecule has 1 N–H and O–H groups in total. The Morgan fingerprint density at radius 2 is 1.84 bits per heavy atom. The fraction of sp³-hybridized carbons (Fsp3) is 0.438. The Morgan fingerprint density at radius 3 is 2.44 bits per heavy atom. The van der Waals surface area contributed by atoms with Crippen LogP contribution < -0.4 is 0 Å². The molecule has 3 aromatic rings. The van der Waals surface area contributed by atoms with Gasteiger partial charge >= 0.3 is 12.1 Å². The molecule has 13 heteroatoms. The molecule has 7 rings (SSSR count). The predicted octanol–water partition coefficient (Wildman–Crippen LogP) is 5.68. The van der Waals surface area contributed by atoms with Crippen LogP contribution >= 0.6 is 11.6 Å². The molecule has 0 bridgehead atoms. The molecule has 2 aromatic carbocycles.